The number of carbonyl (C=O) groups excluding carboxylic acids is 1. The van der Waals surface area contributed by atoms with Gasteiger partial charge in [-0.25, -0.2) is 0 Å². The van der Waals surface area contributed by atoms with E-state index in [9.17, 15) is 4.79 Å². The summed E-state index contributed by atoms with van der Waals surface area (Å²) in [6.07, 6.45) is 3.66. The molecule has 1 aliphatic heterocycles. The number of anilines is 1. The van der Waals surface area contributed by atoms with Crippen molar-refractivity contribution in [2.24, 2.45) is 7.05 Å². The second kappa shape index (κ2) is 6.74. The number of piperidine rings is 1. The van der Waals surface area contributed by atoms with Gasteiger partial charge in [-0.3, -0.25) is 9.48 Å². The molecular weight excluding hydrogens is 336 g/mol. The van der Waals surface area contributed by atoms with Crippen molar-refractivity contribution in [1.29, 1.82) is 0 Å². The van der Waals surface area contributed by atoms with E-state index in [1.807, 2.05) is 19.0 Å². The van der Waals surface area contributed by atoms with Crippen molar-refractivity contribution in [2.45, 2.75) is 45.1 Å². The van der Waals surface area contributed by atoms with Crippen LogP contribution in [0.5, 0.6) is 0 Å². The van der Waals surface area contributed by atoms with Crippen molar-refractivity contribution in [3.8, 4) is 0 Å². The van der Waals surface area contributed by atoms with Crippen LogP contribution in [0.25, 0.3) is 0 Å². The zero-order valence-electron chi connectivity index (χ0n) is 15.6. The highest BCUT2D eigenvalue weighted by molar-refractivity contribution is 7.15. The maximum absolute atomic E-state index is 12.5. The Morgan fingerprint density at radius 1 is 1.28 bits per heavy atom. The second-order valence-electron chi connectivity index (χ2n) is 7.65. The van der Waals surface area contributed by atoms with E-state index in [-0.39, 0.29) is 17.4 Å². The van der Waals surface area contributed by atoms with E-state index < -0.39 is 0 Å². The first-order chi connectivity index (χ1) is 11.8. The summed E-state index contributed by atoms with van der Waals surface area (Å²) >= 11 is 1.67. The number of nitrogens with zero attached hydrogens (tertiary/aromatic N) is 6. The lowest BCUT2D eigenvalue weighted by Crippen LogP contribution is -2.45. The highest BCUT2D eigenvalue weighted by Gasteiger charge is 2.29. The Morgan fingerprint density at radius 2 is 1.96 bits per heavy atom. The van der Waals surface area contributed by atoms with E-state index in [2.05, 4.69) is 41.0 Å². The lowest BCUT2D eigenvalue weighted by molar-refractivity contribution is 0.0702. The molecule has 0 radical (unpaired) electrons. The number of hydrogen-bond acceptors (Lipinski definition) is 6. The zero-order chi connectivity index (χ0) is 18.2. The number of aromatic nitrogens is 4. The highest BCUT2D eigenvalue weighted by Crippen LogP contribution is 2.31. The van der Waals surface area contributed by atoms with Crippen LogP contribution in [-0.4, -0.2) is 57.0 Å². The second-order valence-corrected chi connectivity index (χ2v) is 8.60. The van der Waals surface area contributed by atoms with Gasteiger partial charge in [0.15, 0.2) is 0 Å². The molecule has 1 saturated heterocycles. The summed E-state index contributed by atoms with van der Waals surface area (Å²) in [5, 5.41) is 15.0. The van der Waals surface area contributed by atoms with Gasteiger partial charge in [0.1, 0.15) is 10.7 Å². The molecule has 0 spiro atoms. The van der Waals surface area contributed by atoms with Gasteiger partial charge in [0.2, 0.25) is 5.13 Å². The zero-order valence-corrected chi connectivity index (χ0v) is 16.4. The van der Waals surface area contributed by atoms with Gasteiger partial charge < -0.3 is 9.80 Å². The first kappa shape index (κ1) is 17.8. The molecule has 2 aromatic heterocycles. The van der Waals surface area contributed by atoms with Gasteiger partial charge in [-0.15, -0.1) is 10.2 Å². The molecule has 1 aliphatic rings. The number of amides is 1. The third kappa shape index (κ3) is 3.84. The van der Waals surface area contributed by atoms with Crippen LogP contribution < -0.4 is 4.90 Å². The molecule has 3 heterocycles. The normalized spacial score (nSPS) is 16.3. The first-order valence-electron chi connectivity index (χ1n) is 8.61. The van der Waals surface area contributed by atoms with E-state index >= 15 is 0 Å². The Balaban J connectivity index is 1.60. The predicted octanol–water partition coefficient (Wildman–Crippen LogP) is 2.31. The molecule has 0 N–H and O–H groups in total. The molecule has 0 aromatic carbocycles. The SMILES string of the molecule is CN(C(=O)c1ccn(C)n1)C1CCN(c2nnc(C(C)(C)C)s2)CC1. The van der Waals surface area contributed by atoms with Crippen LogP contribution in [0.3, 0.4) is 0 Å². The fraction of sp³-hybridized carbons (Fsp3) is 0.647. The molecule has 2 aromatic rings. The summed E-state index contributed by atoms with van der Waals surface area (Å²) in [5.41, 5.74) is 0.537. The average molecular weight is 363 g/mol. The van der Waals surface area contributed by atoms with Crippen LogP contribution in [0, 0.1) is 0 Å². The quantitative estimate of drug-likeness (QED) is 0.838. The van der Waals surface area contributed by atoms with Crippen molar-refractivity contribution in [3.05, 3.63) is 23.0 Å². The first-order valence-corrected chi connectivity index (χ1v) is 9.43. The Hall–Kier alpha value is -1.96. The Bertz CT molecular complexity index is 738. The number of hydrogen-bond donors (Lipinski definition) is 0. The third-order valence-corrected chi connectivity index (χ3v) is 6.00. The monoisotopic (exact) mass is 362 g/mol. The summed E-state index contributed by atoms with van der Waals surface area (Å²) in [4.78, 5) is 16.7. The molecule has 0 unspecified atom stereocenters. The molecule has 0 aliphatic carbocycles. The maximum atomic E-state index is 12.5. The highest BCUT2D eigenvalue weighted by atomic mass is 32.1. The fourth-order valence-corrected chi connectivity index (χ4v) is 3.92. The largest absolute Gasteiger partial charge is 0.347 e. The molecule has 1 amide bonds. The van der Waals surface area contributed by atoms with E-state index in [0.29, 0.717) is 5.69 Å². The predicted molar refractivity (Wildman–Crippen MR) is 99.1 cm³/mol. The van der Waals surface area contributed by atoms with Gasteiger partial charge >= 0.3 is 0 Å². The molecule has 0 saturated carbocycles. The Labute approximate surface area is 152 Å². The average Bonchev–Trinajstić information content (AvgIpc) is 3.22. The molecule has 136 valence electrons. The van der Waals surface area contributed by atoms with Crippen molar-refractivity contribution in [1.82, 2.24) is 24.9 Å². The molecule has 8 heteroatoms. The van der Waals surface area contributed by atoms with Gasteiger partial charge in [0.25, 0.3) is 5.91 Å². The van der Waals surface area contributed by atoms with Crippen molar-refractivity contribution in [2.75, 3.05) is 25.0 Å². The lowest BCUT2D eigenvalue weighted by Gasteiger charge is -2.36. The van der Waals surface area contributed by atoms with E-state index in [0.717, 1.165) is 36.1 Å². The molecule has 25 heavy (non-hydrogen) atoms. The van der Waals surface area contributed by atoms with Crippen molar-refractivity contribution < 1.29 is 4.79 Å². The smallest absolute Gasteiger partial charge is 0.274 e. The van der Waals surface area contributed by atoms with Gasteiger partial charge in [-0.2, -0.15) is 5.10 Å². The standard InChI is InChI=1S/C17H26N6OS/c1-17(2,3)15-18-19-16(25-15)23-10-6-12(7-11-23)22(5)14(24)13-8-9-21(4)20-13/h8-9,12H,6-7,10-11H2,1-5H3. The summed E-state index contributed by atoms with van der Waals surface area (Å²) in [6, 6.07) is 2.00. The van der Waals surface area contributed by atoms with Gasteiger partial charge in [-0.1, -0.05) is 32.1 Å². The fourth-order valence-electron chi connectivity index (χ4n) is 2.97. The molecule has 3 rings (SSSR count). The van der Waals surface area contributed by atoms with Crippen LogP contribution in [-0.2, 0) is 12.5 Å². The topological polar surface area (TPSA) is 67.2 Å². The van der Waals surface area contributed by atoms with Gasteiger partial charge in [-0.05, 0) is 18.9 Å². The van der Waals surface area contributed by atoms with Crippen molar-refractivity contribution in [3.63, 3.8) is 0 Å². The summed E-state index contributed by atoms with van der Waals surface area (Å²) in [6.45, 7) is 8.25. The Kier molecular flexibility index (Phi) is 4.81. The van der Waals surface area contributed by atoms with E-state index in [1.165, 1.54) is 0 Å². The number of rotatable bonds is 3. The van der Waals surface area contributed by atoms with E-state index in [4.69, 9.17) is 0 Å². The molecular formula is C17H26N6OS. The molecule has 0 atom stereocenters. The van der Waals surface area contributed by atoms with Gasteiger partial charge in [0, 0.05) is 44.8 Å². The summed E-state index contributed by atoms with van der Waals surface area (Å²) < 4.78 is 1.66. The minimum absolute atomic E-state index is 0.00927. The van der Waals surface area contributed by atoms with Crippen LogP contribution in [0.1, 0.15) is 49.1 Å². The van der Waals surface area contributed by atoms with Crippen molar-refractivity contribution >= 4 is 22.4 Å². The number of aryl methyl sites for hydroxylation is 1. The Morgan fingerprint density at radius 3 is 2.48 bits per heavy atom. The van der Waals surface area contributed by atoms with Crippen LogP contribution in [0.4, 0.5) is 5.13 Å². The summed E-state index contributed by atoms with van der Waals surface area (Å²) in [7, 11) is 3.70. The molecule has 7 nitrogen and oxygen atoms in total. The third-order valence-electron chi connectivity index (χ3n) is 4.59. The maximum Gasteiger partial charge on any atom is 0.274 e. The van der Waals surface area contributed by atoms with Crippen LogP contribution in [0.2, 0.25) is 0 Å². The van der Waals surface area contributed by atoms with Crippen LogP contribution in [0.15, 0.2) is 12.3 Å². The molecule has 1 fully saturated rings. The minimum atomic E-state index is -0.00927. The van der Waals surface area contributed by atoms with Gasteiger partial charge in [0.05, 0.1) is 0 Å². The molecule has 0 bridgehead atoms. The van der Waals surface area contributed by atoms with E-state index in [1.54, 1.807) is 28.3 Å². The lowest BCUT2D eigenvalue weighted by atomic mass is 9.98. The minimum Gasteiger partial charge on any atom is -0.347 e. The summed E-state index contributed by atoms with van der Waals surface area (Å²) in [5.74, 6) is -0.00927. The number of carbonyl (C=O) groups is 1. The van der Waals surface area contributed by atoms with Crippen LogP contribution >= 0.6 is 11.3 Å².